The quantitative estimate of drug-likeness (QED) is 0.595. The molecule has 7 atom stereocenters. The minimum absolute atomic E-state index is 0.160. The van der Waals surface area contributed by atoms with Gasteiger partial charge in [0.25, 0.3) is 0 Å². The number of aliphatic hydroxyl groups excluding tert-OH is 2. The molecular formula is C20H30O4. The van der Waals surface area contributed by atoms with Crippen molar-refractivity contribution in [3.05, 3.63) is 11.1 Å². The van der Waals surface area contributed by atoms with Crippen molar-refractivity contribution >= 4 is 0 Å². The second-order valence-electron chi connectivity index (χ2n) is 10.2. The molecule has 0 unspecified atom stereocenters. The first-order valence-corrected chi connectivity index (χ1v) is 9.52. The summed E-state index contributed by atoms with van der Waals surface area (Å²) in [5.74, 6) is 0.310. The molecule has 3 spiro atoms. The molecule has 0 radical (unpaired) electrons. The van der Waals surface area contributed by atoms with Crippen LogP contribution in [0.1, 0.15) is 66.2 Å². The fourth-order valence-electron chi connectivity index (χ4n) is 7.69. The fourth-order valence-corrected chi connectivity index (χ4v) is 7.69. The minimum Gasteiger partial charge on any atom is -0.392 e. The van der Waals surface area contributed by atoms with Crippen molar-refractivity contribution in [2.75, 3.05) is 0 Å². The van der Waals surface area contributed by atoms with Crippen molar-refractivity contribution in [1.82, 2.24) is 0 Å². The van der Waals surface area contributed by atoms with Gasteiger partial charge in [0, 0.05) is 10.8 Å². The van der Waals surface area contributed by atoms with E-state index in [1.807, 2.05) is 20.8 Å². The van der Waals surface area contributed by atoms with E-state index >= 15 is 0 Å². The largest absolute Gasteiger partial charge is 0.392 e. The monoisotopic (exact) mass is 334 g/mol. The van der Waals surface area contributed by atoms with Gasteiger partial charge in [-0.25, -0.2) is 0 Å². The van der Waals surface area contributed by atoms with Crippen LogP contribution < -0.4 is 0 Å². The summed E-state index contributed by atoms with van der Waals surface area (Å²) in [7, 11) is 0. The van der Waals surface area contributed by atoms with Crippen LogP contribution in [0.5, 0.6) is 0 Å². The number of hydrogen-bond donors (Lipinski definition) is 3. The zero-order valence-corrected chi connectivity index (χ0v) is 15.2. The van der Waals surface area contributed by atoms with Crippen molar-refractivity contribution < 1.29 is 20.1 Å². The third-order valence-electron chi connectivity index (χ3n) is 9.00. The second kappa shape index (κ2) is 3.95. The van der Waals surface area contributed by atoms with Gasteiger partial charge in [0.05, 0.1) is 23.4 Å². The highest BCUT2D eigenvalue weighted by Crippen LogP contribution is 2.76. The summed E-state index contributed by atoms with van der Waals surface area (Å²) in [5.41, 5.74) is -0.0129. The number of ether oxygens (including phenoxy) is 1. The van der Waals surface area contributed by atoms with Crippen LogP contribution in [-0.2, 0) is 4.74 Å². The summed E-state index contributed by atoms with van der Waals surface area (Å²) in [4.78, 5) is 0. The van der Waals surface area contributed by atoms with Crippen LogP contribution in [0.4, 0.5) is 0 Å². The third kappa shape index (κ3) is 1.31. The molecule has 134 valence electrons. The van der Waals surface area contributed by atoms with E-state index < -0.39 is 28.8 Å². The summed E-state index contributed by atoms with van der Waals surface area (Å²) in [6.45, 7) is 8.20. The molecule has 4 bridgehead atoms. The first-order valence-electron chi connectivity index (χ1n) is 9.52. The predicted molar refractivity (Wildman–Crippen MR) is 89.3 cm³/mol. The highest BCUT2D eigenvalue weighted by Gasteiger charge is 2.79. The van der Waals surface area contributed by atoms with Crippen molar-refractivity contribution in [3.8, 4) is 0 Å². The Morgan fingerprint density at radius 3 is 2.50 bits per heavy atom. The zero-order chi connectivity index (χ0) is 17.3. The predicted octanol–water partition coefficient (Wildman–Crippen LogP) is 2.31. The van der Waals surface area contributed by atoms with Gasteiger partial charge in [-0.3, -0.25) is 0 Å². The lowest BCUT2D eigenvalue weighted by Crippen LogP contribution is -2.66. The van der Waals surface area contributed by atoms with Gasteiger partial charge in [-0.15, -0.1) is 0 Å². The first kappa shape index (κ1) is 15.8. The van der Waals surface area contributed by atoms with E-state index in [1.165, 1.54) is 5.57 Å². The lowest BCUT2D eigenvalue weighted by Gasteiger charge is -2.60. The van der Waals surface area contributed by atoms with Crippen molar-refractivity contribution in [1.29, 1.82) is 0 Å². The van der Waals surface area contributed by atoms with Crippen molar-refractivity contribution in [2.24, 2.45) is 16.7 Å². The normalized spacial score (nSPS) is 60.4. The molecule has 0 aromatic carbocycles. The molecule has 5 aliphatic rings. The second-order valence-corrected chi connectivity index (χ2v) is 10.2. The van der Waals surface area contributed by atoms with Gasteiger partial charge in [-0.1, -0.05) is 13.8 Å². The molecule has 3 aliphatic carbocycles. The molecule has 3 saturated carbocycles. The van der Waals surface area contributed by atoms with Crippen molar-refractivity contribution in [2.45, 2.75) is 95.2 Å². The van der Waals surface area contributed by atoms with E-state index in [-0.39, 0.29) is 11.0 Å². The Labute approximate surface area is 143 Å². The number of fused-ring (bicyclic) bond motifs is 1. The van der Waals surface area contributed by atoms with E-state index in [9.17, 15) is 15.3 Å². The van der Waals surface area contributed by atoms with Crippen LogP contribution in [-0.4, -0.2) is 44.3 Å². The van der Waals surface area contributed by atoms with E-state index in [1.54, 1.807) is 0 Å². The van der Waals surface area contributed by atoms with E-state index in [0.717, 1.165) is 24.8 Å². The van der Waals surface area contributed by atoms with Crippen LogP contribution >= 0.6 is 0 Å². The molecular weight excluding hydrogens is 304 g/mol. The molecule has 0 aromatic rings. The summed E-state index contributed by atoms with van der Waals surface area (Å²) in [5, 5.41) is 32.9. The molecule has 4 heteroatoms. The Kier molecular flexibility index (Phi) is 2.60. The summed E-state index contributed by atoms with van der Waals surface area (Å²) < 4.78 is 6.93. The smallest absolute Gasteiger partial charge is 0.124 e. The molecule has 3 N–H and O–H groups in total. The van der Waals surface area contributed by atoms with Gasteiger partial charge in [0.15, 0.2) is 0 Å². The van der Waals surface area contributed by atoms with Gasteiger partial charge in [-0.2, -0.15) is 0 Å². The number of aliphatic hydroxyl groups is 3. The summed E-state index contributed by atoms with van der Waals surface area (Å²) >= 11 is 0. The maximum absolute atomic E-state index is 11.3. The first-order chi connectivity index (χ1) is 11.0. The lowest BCUT2D eigenvalue weighted by molar-refractivity contribution is -0.286. The average molecular weight is 334 g/mol. The molecule has 0 amide bonds. The van der Waals surface area contributed by atoms with Crippen LogP contribution in [0.3, 0.4) is 0 Å². The van der Waals surface area contributed by atoms with E-state index in [0.29, 0.717) is 25.2 Å². The minimum atomic E-state index is -0.747. The topological polar surface area (TPSA) is 69.9 Å². The molecule has 1 saturated heterocycles. The van der Waals surface area contributed by atoms with Gasteiger partial charge in [-0.05, 0) is 69.4 Å². The van der Waals surface area contributed by atoms with Gasteiger partial charge >= 0.3 is 0 Å². The molecule has 2 aliphatic heterocycles. The Morgan fingerprint density at radius 2 is 1.79 bits per heavy atom. The average Bonchev–Trinajstić information content (AvgIpc) is 2.91. The van der Waals surface area contributed by atoms with Crippen LogP contribution in [0.25, 0.3) is 0 Å². The molecule has 4 nitrogen and oxygen atoms in total. The van der Waals surface area contributed by atoms with Gasteiger partial charge in [0.1, 0.15) is 5.60 Å². The van der Waals surface area contributed by atoms with Gasteiger partial charge in [0.2, 0.25) is 0 Å². The standard InChI is InChI=1S/C20H30O4/c1-11-13-7-14(21)16(2,3)20(13)15(22)9-18-8-12(17(4,23)10-18)5-6-19(11,18)24-20/h12,14-15,21-23H,5-10H2,1-4H3/t12-,14+,15-,17-,18-,19-,20+/m1/s1. The third-order valence-corrected chi connectivity index (χ3v) is 9.00. The van der Waals surface area contributed by atoms with Crippen molar-refractivity contribution in [3.63, 3.8) is 0 Å². The number of rotatable bonds is 0. The van der Waals surface area contributed by atoms with Gasteiger partial charge < -0.3 is 20.1 Å². The lowest BCUT2D eigenvalue weighted by atomic mass is 9.57. The molecule has 24 heavy (non-hydrogen) atoms. The van der Waals surface area contributed by atoms with Crippen LogP contribution in [0.15, 0.2) is 11.1 Å². The Morgan fingerprint density at radius 1 is 1.08 bits per heavy atom. The van der Waals surface area contributed by atoms with Crippen LogP contribution in [0, 0.1) is 16.7 Å². The summed E-state index contributed by atoms with van der Waals surface area (Å²) in [6, 6.07) is 0. The Bertz CT molecular complexity index is 665. The maximum Gasteiger partial charge on any atom is 0.124 e. The zero-order valence-electron chi connectivity index (χ0n) is 15.2. The molecule has 2 heterocycles. The highest BCUT2D eigenvalue weighted by atomic mass is 16.6. The molecule has 4 fully saturated rings. The maximum atomic E-state index is 11.3. The number of hydrogen-bond acceptors (Lipinski definition) is 4. The highest BCUT2D eigenvalue weighted by molar-refractivity contribution is 5.49. The van der Waals surface area contributed by atoms with E-state index in [2.05, 4.69) is 6.92 Å². The van der Waals surface area contributed by atoms with Crippen LogP contribution in [0.2, 0.25) is 0 Å². The SMILES string of the molecule is CC1=C2C[C@H](O)C(C)(C)[C@]23O[C@]12CC[C@@H]1C[C@@]2(C[C@H]3O)C[C@@]1(C)O. The fraction of sp³-hybridized carbons (Fsp3) is 0.900. The Balaban J connectivity index is 1.74. The summed E-state index contributed by atoms with van der Waals surface area (Å²) in [6.07, 6.45) is 3.76. The molecule has 0 aromatic heterocycles. The molecule has 5 rings (SSSR count). The Hall–Kier alpha value is -0.420. The van der Waals surface area contributed by atoms with E-state index in [4.69, 9.17) is 4.74 Å².